The number of aromatic hydroxyl groups is 1. The molecule has 4 nitrogen and oxygen atoms in total. The molecule has 18 heavy (non-hydrogen) atoms. The molecule has 1 amide bonds. The van der Waals surface area contributed by atoms with E-state index in [1.165, 1.54) is 6.07 Å². The van der Waals surface area contributed by atoms with Crippen LogP contribution in [0.25, 0.3) is 0 Å². The fraction of sp³-hybridized carbons (Fsp3) is 0.500. The van der Waals surface area contributed by atoms with Crippen LogP contribution in [-0.4, -0.2) is 40.2 Å². The van der Waals surface area contributed by atoms with Gasteiger partial charge in [-0.25, -0.2) is 0 Å². The average Bonchev–Trinajstić information content (AvgIpc) is 2.37. The highest BCUT2D eigenvalue weighted by molar-refractivity contribution is 5.94. The van der Waals surface area contributed by atoms with Crippen LogP contribution in [-0.2, 0) is 0 Å². The molecule has 1 heterocycles. The van der Waals surface area contributed by atoms with Crippen molar-refractivity contribution >= 4 is 5.91 Å². The molecule has 98 valence electrons. The number of nitrogens with zero attached hydrogens (tertiary/aromatic N) is 1. The topological polar surface area (TPSA) is 60.8 Å². The number of hydrogen-bond donors (Lipinski definition) is 2. The van der Waals surface area contributed by atoms with Gasteiger partial charge in [0, 0.05) is 12.1 Å². The van der Waals surface area contributed by atoms with Gasteiger partial charge >= 0.3 is 0 Å². The van der Waals surface area contributed by atoms with Gasteiger partial charge in [0.2, 0.25) is 0 Å². The lowest BCUT2D eigenvalue weighted by Gasteiger charge is -2.39. The van der Waals surface area contributed by atoms with Crippen molar-refractivity contribution in [1.82, 2.24) is 4.90 Å². The summed E-state index contributed by atoms with van der Waals surface area (Å²) in [5.41, 5.74) is 0.475. The van der Waals surface area contributed by atoms with E-state index in [1.54, 1.807) is 23.1 Å². The number of benzene rings is 1. The number of aliphatic hydroxyl groups is 1. The molecule has 2 atom stereocenters. The van der Waals surface area contributed by atoms with Crippen molar-refractivity contribution in [3.05, 3.63) is 29.8 Å². The SMILES string of the molecule is CC1CCCN(C(=O)c2cccc(O)c2)C1CO. The molecule has 0 spiro atoms. The first-order valence-electron chi connectivity index (χ1n) is 6.34. The van der Waals surface area contributed by atoms with E-state index in [0.717, 1.165) is 12.8 Å². The molecule has 1 saturated heterocycles. The van der Waals surface area contributed by atoms with Gasteiger partial charge in [-0.15, -0.1) is 0 Å². The highest BCUT2D eigenvalue weighted by Crippen LogP contribution is 2.25. The Hall–Kier alpha value is -1.55. The lowest BCUT2D eigenvalue weighted by atomic mass is 9.90. The van der Waals surface area contributed by atoms with Crippen LogP contribution in [0.5, 0.6) is 5.75 Å². The molecule has 1 aliphatic heterocycles. The number of rotatable bonds is 2. The van der Waals surface area contributed by atoms with Crippen molar-refractivity contribution in [1.29, 1.82) is 0 Å². The summed E-state index contributed by atoms with van der Waals surface area (Å²) in [6, 6.07) is 6.24. The van der Waals surface area contributed by atoms with Gasteiger partial charge in [-0.2, -0.15) is 0 Å². The molecule has 0 radical (unpaired) electrons. The minimum Gasteiger partial charge on any atom is -0.508 e. The van der Waals surface area contributed by atoms with Crippen LogP contribution in [0.3, 0.4) is 0 Å². The number of hydrogen-bond acceptors (Lipinski definition) is 3. The van der Waals surface area contributed by atoms with Gasteiger partial charge in [0.1, 0.15) is 5.75 Å². The van der Waals surface area contributed by atoms with Crippen LogP contribution in [0.1, 0.15) is 30.1 Å². The van der Waals surface area contributed by atoms with Crippen LogP contribution in [0, 0.1) is 5.92 Å². The Morgan fingerprint density at radius 2 is 2.28 bits per heavy atom. The zero-order valence-electron chi connectivity index (χ0n) is 10.5. The smallest absolute Gasteiger partial charge is 0.254 e. The van der Waals surface area contributed by atoms with E-state index in [1.807, 2.05) is 0 Å². The summed E-state index contributed by atoms with van der Waals surface area (Å²) in [6.07, 6.45) is 2.00. The number of carbonyl (C=O) groups excluding carboxylic acids is 1. The predicted octanol–water partition coefficient (Wildman–Crippen LogP) is 1.63. The van der Waals surface area contributed by atoms with Gasteiger partial charge in [0.05, 0.1) is 12.6 Å². The summed E-state index contributed by atoms with van der Waals surface area (Å²) >= 11 is 0. The minimum atomic E-state index is -0.117. The molecule has 2 unspecified atom stereocenters. The third kappa shape index (κ3) is 2.48. The maximum Gasteiger partial charge on any atom is 0.254 e. The van der Waals surface area contributed by atoms with E-state index in [9.17, 15) is 15.0 Å². The van der Waals surface area contributed by atoms with E-state index in [4.69, 9.17) is 0 Å². The fourth-order valence-electron chi connectivity index (χ4n) is 2.58. The maximum absolute atomic E-state index is 12.4. The van der Waals surface area contributed by atoms with Crippen LogP contribution in [0.15, 0.2) is 24.3 Å². The second-order valence-electron chi connectivity index (χ2n) is 4.92. The zero-order chi connectivity index (χ0) is 13.1. The second-order valence-corrected chi connectivity index (χ2v) is 4.92. The van der Waals surface area contributed by atoms with E-state index < -0.39 is 0 Å². The van der Waals surface area contributed by atoms with E-state index in [-0.39, 0.29) is 24.3 Å². The predicted molar refractivity (Wildman–Crippen MR) is 68.4 cm³/mol. The largest absolute Gasteiger partial charge is 0.508 e. The molecule has 2 N–H and O–H groups in total. The van der Waals surface area contributed by atoms with Crippen molar-refractivity contribution in [2.24, 2.45) is 5.92 Å². The van der Waals surface area contributed by atoms with Gasteiger partial charge < -0.3 is 15.1 Å². The molecule has 1 fully saturated rings. The second kappa shape index (κ2) is 5.40. The average molecular weight is 249 g/mol. The maximum atomic E-state index is 12.4. The van der Waals surface area contributed by atoms with Gasteiger partial charge in [0.15, 0.2) is 0 Å². The highest BCUT2D eigenvalue weighted by atomic mass is 16.3. The van der Waals surface area contributed by atoms with Gasteiger partial charge in [0.25, 0.3) is 5.91 Å². The highest BCUT2D eigenvalue weighted by Gasteiger charge is 2.31. The van der Waals surface area contributed by atoms with Crippen molar-refractivity contribution in [2.45, 2.75) is 25.8 Å². The number of likely N-dealkylation sites (tertiary alicyclic amines) is 1. The number of phenolic OH excluding ortho intramolecular Hbond substituents is 1. The van der Waals surface area contributed by atoms with Gasteiger partial charge in [-0.05, 0) is 37.0 Å². The van der Waals surface area contributed by atoms with Crippen LogP contribution in [0.4, 0.5) is 0 Å². The standard InChI is InChI=1S/C14H19NO3/c1-10-4-3-7-15(13(10)9-16)14(18)11-5-2-6-12(17)8-11/h2,5-6,8,10,13,16-17H,3-4,7,9H2,1H3. The minimum absolute atomic E-state index is 0.00821. The fourth-order valence-corrected chi connectivity index (χ4v) is 2.58. The van der Waals surface area contributed by atoms with Gasteiger partial charge in [-0.3, -0.25) is 4.79 Å². The molecule has 1 aromatic rings. The lowest BCUT2D eigenvalue weighted by Crippen LogP contribution is -2.49. The third-order valence-electron chi connectivity index (χ3n) is 3.66. The Bertz CT molecular complexity index is 433. The summed E-state index contributed by atoms with van der Waals surface area (Å²) in [6.45, 7) is 2.72. The van der Waals surface area contributed by atoms with Crippen molar-refractivity contribution in [3.8, 4) is 5.75 Å². The number of aliphatic hydroxyl groups excluding tert-OH is 1. The molecule has 0 saturated carbocycles. The summed E-state index contributed by atoms with van der Waals surface area (Å²) in [7, 11) is 0. The Morgan fingerprint density at radius 3 is 2.94 bits per heavy atom. The van der Waals surface area contributed by atoms with Crippen LogP contribution >= 0.6 is 0 Å². The first-order valence-corrected chi connectivity index (χ1v) is 6.34. The summed E-state index contributed by atoms with van der Waals surface area (Å²) in [5.74, 6) is 0.285. The van der Waals surface area contributed by atoms with Crippen molar-refractivity contribution in [2.75, 3.05) is 13.2 Å². The lowest BCUT2D eigenvalue weighted by molar-refractivity contribution is 0.0358. The van der Waals surface area contributed by atoms with E-state index in [0.29, 0.717) is 18.0 Å². The molecular formula is C14H19NO3. The molecule has 1 aromatic carbocycles. The molecular weight excluding hydrogens is 230 g/mol. The summed E-state index contributed by atoms with van der Waals surface area (Å²) < 4.78 is 0. The molecule has 4 heteroatoms. The monoisotopic (exact) mass is 249 g/mol. The number of phenols is 1. The number of amides is 1. The van der Waals surface area contributed by atoms with Crippen LogP contribution < -0.4 is 0 Å². The number of carbonyl (C=O) groups is 1. The van der Waals surface area contributed by atoms with Crippen LogP contribution in [0.2, 0.25) is 0 Å². The van der Waals surface area contributed by atoms with Crippen molar-refractivity contribution < 1.29 is 15.0 Å². The first-order chi connectivity index (χ1) is 8.63. The molecule has 2 rings (SSSR count). The molecule has 0 aromatic heterocycles. The normalized spacial score (nSPS) is 24.0. The van der Waals surface area contributed by atoms with E-state index >= 15 is 0 Å². The summed E-state index contributed by atoms with van der Waals surface area (Å²) in [4.78, 5) is 14.1. The Labute approximate surface area is 107 Å². The summed E-state index contributed by atoms with van der Waals surface area (Å²) in [5, 5.41) is 18.9. The van der Waals surface area contributed by atoms with Gasteiger partial charge in [-0.1, -0.05) is 13.0 Å². The molecule has 0 bridgehead atoms. The third-order valence-corrected chi connectivity index (χ3v) is 3.66. The quantitative estimate of drug-likeness (QED) is 0.837. The molecule has 1 aliphatic rings. The molecule has 0 aliphatic carbocycles. The number of piperidine rings is 1. The van der Waals surface area contributed by atoms with E-state index in [2.05, 4.69) is 6.92 Å². The van der Waals surface area contributed by atoms with Crippen molar-refractivity contribution in [3.63, 3.8) is 0 Å². The Kier molecular flexibility index (Phi) is 3.87. The zero-order valence-corrected chi connectivity index (χ0v) is 10.5. The Morgan fingerprint density at radius 1 is 1.50 bits per heavy atom. The Balaban J connectivity index is 2.21. The first kappa shape index (κ1) is 12.9.